The van der Waals surface area contributed by atoms with Crippen LogP contribution < -0.4 is 9.80 Å². The summed E-state index contributed by atoms with van der Waals surface area (Å²) in [5.74, 6) is -3.13. The summed E-state index contributed by atoms with van der Waals surface area (Å²) < 4.78 is 176. The van der Waals surface area contributed by atoms with Gasteiger partial charge in [-0.15, -0.1) is 17.7 Å². The van der Waals surface area contributed by atoms with Crippen LogP contribution in [0, 0.1) is 5.92 Å². The van der Waals surface area contributed by atoms with E-state index in [2.05, 4.69) is 11.8 Å². The van der Waals surface area contributed by atoms with Gasteiger partial charge in [0.05, 0.1) is 128 Å². The van der Waals surface area contributed by atoms with E-state index in [1.807, 2.05) is 62.1 Å². The molecule has 32 heteroatoms. The third-order valence-corrected chi connectivity index (χ3v) is 21.6. The first-order chi connectivity index (χ1) is 48.7. The summed E-state index contributed by atoms with van der Waals surface area (Å²) in [6.45, 7) is 14.7. The number of fused-ring (bicyclic) bond motifs is 6. The number of hydroxylamine groups is 2. The fourth-order valence-corrected chi connectivity index (χ4v) is 15.8. The van der Waals surface area contributed by atoms with Crippen molar-refractivity contribution in [3.05, 3.63) is 95.2 Å². The van der Waals surface area contributed by atoms with Gasteiger partial charge >= 0.3 is 5.97 Å². The quantitative estimate of drug-likeness (QED) is 0.00686. The van der Waals surface area contributed by atoms with Gasteiger partial charge in [0.1, 0.15) is 0 Å². The van der Waals surface area contributed by atoms with Crippen LogP contribution in [0.15, 0.2) is 104 Å². The topological polar surface area (TPSA) is 346 Å². The number of hydrogen-bond acceptors (Lipinski definition) is 25. The van der Waals surface area contributed by atoms with Crippen molar-refractivity contribution in [2.45, 2.75) is 128 Å². The largest absolute Gasteiger partial charge is 0.382 e. The first kappa shape index (κ1) is 84.1. The molecule has 4 aromatic carbocycles. The summed E-state index contributed by atoms with van der Waals surface area (Å²) in [5, 5.41) is 2.40. The van der Waals surface area contributed by atoms with Gasteiger partial charge in [-0.3, -0.25) is 23.2 Å². The summed E-state index contributed by atoms with van der Waals surface area (Å²) in [7, 11) is -10.9. The molecule has 4 aromatic rings. The van der Waals surface area contributed by atoms with Gasteiger partial charge in [0, 0.05) is 109 Å². The number of ether oxygens (including phenoxy) is 10. The minimum absolute atomic E-state index is 0.0289. The number of carbonyl (C=O) groups is 3. The Balaban J connectivity index is 1.27. The van der Waals surface area contributed by atoms with Crippen LogP contribution in [0.5, 0.6) is 0 Å². The second-order valence-electron chi connectivity index (χ2n) is 25.4. The van der Waals surface area contributed by atoms with Gasteiger partial charge in [0.25, 0.3) is 42.2 Å². The van der Waals surface area contributed by atoms with Crippen molar-refractivity contribution in [2.75, 3.05) is 162 Å². The van der Waals surface area contributed by atoms with E-state index in [4.69, 9.17) is 64.8 Å². The van der Waals surface area contributed by atoms with Crippen molar-refractivity contribution in [3.8, 4) is 0 Å². The molecule has 2 amide bonds. The molecule has 0 aromatic heterocycles. The SMILES string of the molecule is CCCC1CC(/C=C/C(C)=C/C=C2/N(CCCC(=O)ON3C(=O)CCC3=O)c3ccc4c(S)cc(S(=O)(=O)O)cc4c3C2(C)CCOCCOCCOCCOC)C(C)(CCCS(=O)(=O)O)c2c(ccc3c(SO)cc(S(=O)(=O)O)cc23)N1CCOCCOCCOCCOCCOCCOC. The monoisotopic (exact) mass is 1530 g/mol. The van der Waals surface area contributed by atoms with Crippen LogP contribution in [0.4, 0.5) is 11.4 Å². The molecule has 4 atom stereocenters. The number of allylic oxidation sites excluding steroid dienone is 6. The molecule has 4 N–H and O–H groups in total. The molecular formula is C70H99N3O24S5. The highest BCUT2D eigenvalue weighted by molar-refractivity contribution is 7.94. The molecule has 0 aliphatic carbocycles. The van der Waals surface area contributed by atoms with Crippen LogP contribution in [-0.2, 0) is 108 Å². The number of benzene rings is 4. The van der Waals surface area contributed by atoms with Crippen molar-refractivity contribution in [1.82, 2.24) is 5.06 Å². The molecule has 27 nitrogen and oxygen atoms in total. The van der Waals surface area contributed by atoms with E-state index in [0.29, 0.717) is 178 Å². The van der Waals surface area contributed by atoms with E-state index in [0.717, 1.165) is 6.42 Å². The number of anilines is 2. The Hall–Kier alpha value is -5.18. The molecule has 568 valence electrons. The van der Waals surface area contributed by atoms with Gasteiger partial charge in [-0.1, -0.05) is 56.2 Å². The molecule has 0 spiro atoms. The van der Waals surface area contributed by atoms with Crippen molar-refractivity contribution in [2.24, 2.45) is 5.92 Å². The maximum atomic E-state index is 13.4. The molecule has 7 rings (SSSR count). The van der Waals surface area contributed by atoms with Gasteiger partial charge < -0.3 is 66.6 Å². The van der Waals surface area contributed by atoms with Gasteiger partial charge in [-0.25, -0.2) is 4.79 Å². The van der Waals surface area contributed by atoms with Crippen LogP contribution in [0.25, 0.3) is 21.5 Å². The Labute approximate surface area is 608 Å². The molecule has 1 saturated heterocycles. The molecule has 0 radical (unpaired) electrons. The summed E-state index contributed by atoms with van der Waals surface area (Å²) in [6, 6.07) is 12.4. The molecule has 0 saturated carbocycles. The maximum Gasteiger partial charge on any atom is 0.333 e. The Kier molecular flexibility index (Phi) is 33.4. The summed E-state index contributed by atoms with van der Waals surface area (Å²) in [6.07, 6.45) is 9.87. The molecule has 3 aliphatic heterocycles. The molecule has 0 bridgehead atoms. The Morgan fingerprint density at radius 2 is 1.15 bits per heavy atom. The zero-order valence-electron chi connectivity index (χ0n) is 58.9. The maximum absolute atomic E-state index is 13.4. The number of nitrogens with zero attached hydrogens (tertiary/aromatic N) is 3. The fourth-order valence-electron chi connectivity index (χ4n) is 13.2. The molecule has 3 aliphatic rings. The molecule has 1 fully saturated rings. The highest BCUT2D eigenvalue weighted by Gasteiger charge is 2.46. The predicted octanol–water partition coefficient (Wildman–Crippen LogP) is 9.63. The average Bonchev–Trinajstić information content (AvgIpc) is 1.51. The van der Waals surface area contributed by atoms with E-state index >= 15 is 0 Å². The number of imide groups is 1. The zero-order valence-corrected chi connectivity index (χ0v) is 63.0. The smallest absolute Gasteiger partial charge is 0.333 e. The highest BCUT2D eigenvalue weighted by atomic mass is 32.2. The highest BCUT2D eigenvalue weighted by Crippen LogP contribution is 2.55. The number of hydrogen-bond donors (Lipinski definition) is 5. The zero-order chi connectivity index (χ0) is 74.1. The average molecular weight is 1530 g/mol. The van der Waals surface area contributed by atoms with E-state index in [9.17, 15) is 57.8 Å². The molecule has 3 heterocycles. The number of rotatable bonds is 47. The lowest BCUT2D eigenvalue weighted by atomic mass is 9.66. The van der Waals surface area contributed by atoms with Gasteiger partial charge in [0.15, 0.2) is 0 Å². The minimum atomic E-state index is -4.87. The number of amides is 2. The fraction of sp³-hybridized carbons (Fsp3) is 0.586. The molecule has 102 heavy (non-hydrogen) atoms. The van der Waals surface area contributed by atoms with Crippen LogP contribution in [-0.4, -0.2) is 224 Å². The van der Waals surface area contributed by atoms with Crippen LogP contribution in [0.2, 0.25) is 0 Å². The van der Waals surface area contributed by atoms with Crippen molar-refractivity contribution < 1.29 is 110 Å². The first-order valence-electron chi connectivity index (χ1n) is 34.1. The van der Waals surface area contributed by atoms with Crippen LogP contribution in [0.1, 0.15) is 103 Å². The Bertz CT molecular complexity index is 3900. The van der Waals surface area contributed by atoms with E-state index in [1.54, 1.807) is 26.4 Å². The summed E-state index contributed by atoms with van der Waals surface area (Å²) in [5.41, 5.74) is 1.91. The van der Waals surface area contributed by atoms with Crippen molar-refractivity contribution in [3.63, 3.8) is 0 Å². The van der Waals surface area contributed by atoms with Gasteiger partial charge in [0.2, 0.25) is 0 Å². The number of carbonyl (C=O) groups excluding carboxylic acids is 3. The lowest BCUT2D eigenvalue weighted by Crippen LogP contribution is -2.38. The van der Waals surface area contributed by atoms with E-state index < -0.39 is 75.5 Å². The van der Waals surface area contributed by atoms with Crippen molar-refractivity contribution >= 4 is 106 Å². The van der Waals surface area contributed by atoms with Gasteiger partial charge in [-0.05, 0) is 133 Å². The summed E-state index contributed by atoms with van der Waals surface area (Å²) >= 11 is 5.03. The minimum Gasteiger partial charge on any atom is -0.382 e. The van der Waals surface area contributed by atoms with E-state index in [1.165, 1.54) is 24.3 Å². The van der Waals surface area contributed by atoms with Crippen LogP contribution >= 0.6 is 24.7 Å². The predicted molar refractivity (Wildman–Crippen MR) is 387 cm³/mol. The number of thiol groups is 1. The lowest BCUT2D eigenvalue weighted by Gasteiger charge is -2.38. The van der Waals surface area contributed by atoms with Gasteiger partial charge in [-0.2, -0.15) is 25.3 Å². The lowest BCUT2D eigenvalue weighted by molar-refractivity contribution is -0.197. The Morgan fingerprint density at radius 1 is 0.637 bits per heavy atom. The standard InChI is InChI=1S/C70H99N3O24S5/c1-7-10-52-45-51(69(3,22-9-44-100(78,79)80)67-58-47-54(102(84,85)86)49-62(99-77)56(58)16-18-59(67)71(52)25-27-90-33-35-94-40-41-96-43-42-95-39-37-92-31-29-88-6)14-12-50(2)13-19-63-70(4,23-26-89-32-34-93-38-36-91-30-28-87-5)68-57-46-53(101(81,82)83)48-61(98)55(57)15-17-60(68)72(63)24-8-11-66(76)97-73-64(74)20-21-65(73)75/h12-19,46-49,51-52,77,98H,7-11,20-45H2,1-6H3,(H,78,79,80)(H,81,82,83)(H,84,85,86)/b14-12+,50-13+,63-19+. The second-order valence-corrected chi connectivity index (χ2v) is 30.9. The van der Waals surface area contributed by atoms with Crippen LogP contribution in [0.3, 0.4) is 0 Å². The second kappa shape index (κ2) is 40.5. The van der Waals surface area contributed by atoms with E-state index in [-0.39, 0.29) is 105 Å². The Morgan fingerprint density at radius 3 is 1.68 bits per heavy atom. The third kappa shape index (κ3) is 23.7. The van der Waals surface area contributed by atoms with Crippen molar-refractivity contribution in [1.29, 1.82) is 0 Å². The molecular weight excluding hydrogens is 1430 g/mol. The normalized spacial score (nSPS) is 19.5. The number of methoxy groups -OCH3 is 2. The molecule has 4 unspecified atom stereocenters. The summed E-state index contributed by atoms with van der Waals surface area (Å²) in [4.78, 5) is 47.3. The third-order valence-electron chi connectivity index (χ3n) is 18.3. The first-order valence-corrected chi connectivity index (χ1v) is 39.8.